The van der Waals surface area contributed by atoms with Gasteiger partial charge in [-0.25, -0.2) is 4.79 Å². The van der Waals surface area contributed by atoms with Crippen LogP contribution < -0.4 is 10.6 Å². The maximum absolute atomic E-state index is 11.7. The molecular formula is C14H26N2O4. The van der Waals surface area contributed by atoms with E-state index in [-0.39, 0.29) is 18.0 Å². The monoisotopic (exact) mass is 286 g/mol. The minimum atomic E-state index is -0.761. The lowest BCUT2D eigenvalue weighted by Crippen LogP contribution is -2.53. The summed E-state index contributed by atoms with van der Waals surface area (Å²) >= 11 is 0. The number of amides is 1. The number of rotatable bonds is 4. The lowest BCUT2D eigenvalue weighted by atomic mass is 9.89. The highest BCUT2D eigenvalue weighted by Gasteiger charge is 2.31. The SMILES string of the molecule is CCC(C(=O)O)[C@@H]1CC[C@H](NC(=O)OC(C)(C)C)CN1. The second kappa shape index (κ2) is 6.92. The van der Waals surface area contributed by atoms with Crippen LogP contribution in [0.3, 0.4) is 0 Å². The average Bonchev–Trinajstić information content (AvgIpc) is 2.29. The van der Waals surface area contributed by atoms with Crippen LogP contribution in [-0.2, 0) is 9.53 Å². The molecule has 1 aliphatic heterocycles. The van der Waals surface area contributed by atoms with Crippen LogP contribution in [0.1, 0.15) is 47.0 Å². The van der Waals surface area contributed by atoms with Crippen molar-refractivity contribution in [1.29, 1.82) is 0 Å². The number of carboxylic acids is 1. The quantitative estimate of drug-likeness (QED) is 0.732. The molecule has 1 amide bonds. The van der Waals surface area contributed by atoms with Crippen molar-refractivity contribution in [3.8, 4) is 0 Å². The third-order valence-corrected chi connectivity index (χ3v) is 3.42. The number of hydrogen-bond donors (Lipinski definition) is 3. The summed E-state index contributed by atoms with van der Waals surface area (Å²) in [5, 5.41) is 15.2. The van der Waals surface area contributed by atoms with Crippen LogP contribution in [0, 0.1) is 5.92 Å². The van der Waals surface area contributed by atoms with Gasteiger partial charge in [-0.1, -0.05) is 6.92 Å². The van der Waals surface area contributed by atoms with E-state index < -0.39 is 17.7 Å². The van der Waals surface area contributed by atoms with E-state index in [0.717, 1.165) is 12.8 Å². The van der Waals surface area contributed by atoms with Crippen LogP contribution >= 0.6 is 0 Å². The Bertz CT molecular complexity index is 344. The number of carboxylic acid groups (broad SMARTS) is 1. The van der Waals surface area contributed by atoms with E-state index >= 15 is 0 Å². The van der Waals surface area contributed by atoms with E-state index in [1.807, 2.05) is 27.7 Å². The highest BCUT2D eigenvalue weighted by atomic mass is 16.6. The van der Waals surface area contributed by atoms with Crippen molar-refractivity contribution in [2.75, 3.05) is 6.54 Å². The van der Waals surface area contributed by atoms with Crippen molar-refractivity contribution < 1.29 is 19.4 Å². The van der Waals surface area contributed by atoms with E-state index in [1.54, 1.807) is 0 Å². The Morgan fingerprint density at radius 2 is 2.05 bits per heavy atom. The van der Waals surface area contributed by atoms with Crippen LogP contribution in [0.4, 0.5) is 4.79 Å². The van der Waals surface area contributed by atoms with Crippen LogP contribution in [-0.4, -0.2) is 41.4 Å². The molecule has 3 N–H and O–H groups in total. The summed E-state index contributed by atoms with van der Waals surface area (Å²) in [5.41, 5.74) is -0.509. The van der Waals surface area contributed by atoms with E-state index in [2.05, 4.69) is 10.6 Å². The van der Waals surface area contributed by atoms with E-state index in [4.69, 9.17) is 9.84 Å². The Morgan fingerprint density at radius 1 is 1.40 bits per heavy atom. The molecule has 0 radical (unpaired) electrons. The number of ether oxygens (including phenoxy) is 1. The molecule has 0 spiro atoms. The first kappa shape index (κ1) is 16.8. The third kappa shape index (κ3) is 5.36. The van der Waals surface area contributed by atoms with Gasteiger partial charge < -0.3 is 20.5 Å². The van der Waals surface area contributed by atoms with Crippen LogP contribution in [0.2, 0.25) is 0 Å². The van der Waals surface area contributed by atoms with Crippen molar-refractivity contribution >= 4 is 12.1 Å². The zero-order valence-electron chi connectivity index (χ0n) is 12.7. The first-order valence-corrected chi connectivity index (χ1v) is 7.18. The molecule has 1 aliphatic rings. The van der Waals surface area contributed by atoms with Gasteiger partial charge in [-0.3, -0.25) is 4.79 Å². The molecule has 1 unspecified atom stereocenters. The average molecular weight is 286 g/mol. The number of carbonyl (C=O) groups excluding carboxylic acids is 1. The van der Waals surface area contributed by atoms with Crippen LogP contribution in [0.5, 0.6) is 0 Å². The highest BCUT2D eigenvalue weighted by Crippen LogP contribution is 2.19. The molecule has 0 saturated carbocycles. The molecule has 0 aromatic carbocycles. The number of nitrogens with one attached hydrogen (secondary N) is 2. The summed E-state index contributed by atoms with van der Waals surface area (Å²) in [5.74, 6) is -1.12. The molecule has 1 rings (SSSR count). The smallest absolute Gasteiger partial charge is 0.407 e. The lowest BCUT2D eigenvalue weighted by molar-refractivity contribution is -0.143. The Kier molecular flexibility index (Phi) is 5.80. The van der Waals surface area contributed by atoms with Gasteiger partial charge in [-0.2, -0.15) is 0 Å². The molecule has 6 heteroatoms. The van der Waals surface area contributed by atoms with E-state index in [0.29, 0.717) is 13.0 Å². The Labute approximate surface area is 120 Å². The summed E-state index contributed by atoms with van der Waals surface area (Å²) < 4.78 is 5.20. The summed E-state index contributed by atoms with van der Waals surface area (Å²) in [6.07, 6.45) is 1.69. The van der Waals surface area contributed by atoms with Gasteiger partial charge >= 0.3 is 12.1 Å². The maximum atomic E-state index is 11.7. The van der Waals surface area contributed by atoms with E-state index in [1.165, 1.54) is 0 Å². The van der Waals surface area contributed by atoms with Crippen molar-refractivity contribution in [3.63, 3.8) is 0 Å². The van der Waals surface area contributed by atoms with Crippen molar-refractivity contribution in [2.45, 2.75) is 64.6 Å². The molecule has 6 nitrogen and oxygen atoms in total. The Morgan fingerprint density at radius 3 is 2.45 bits per heavy atom. The second-order valence-electron chi connectivity index (χ2n) is 6.29. The van der Waals surface area contributed by atoms with Gasteiger partial charge in [0.2, 0.25) is 0 Å². The van der Waals surface area contributed by atoms with Gasteiger partial charge in [0, 0.05) is 18.6 Å². The van der Waals surface area contributed by atoms with Gasteiger partial charge in [0.1, 0.15) is 5.60 Å². The molecule has 1 fully saturated rings. The summed E-state index contributed by atoms with van der Waals surface area (Å²) in [7, 11) is 0. The highest BCUT2D eigenvalue weighted by molar-refractivity contribution is 5.71. The number of carbonyl (C=O) groups is 2. The predicted molar refractivity (Wildman–Crippen MR) is 75.6 cm³/mol. The molecule has 1 saturated heterocycles. The lowest BCUT2D eigenvalue weighted by Gasteiger charge is -2.33. The van der Waals surface area contributed by atoms with Gasteiger partial charge in [-0.15, -0.1) is 0 Å². The molecule has 3 atom stereocenters. The summed E-state index contributed by atoms with van der Waals surface area (Å²) in [6, 6.07) is -0.0263. The first-order valence-electron chi connectivity index (χ1n) is 7.18. The minimum Gasteiger partial charge on any atom is -0.481 e. The minimum absolute atomic E-state index is 0.00704. The standard InChI is InChI=1S/C14H26N2O4/c1-5-10(12(17)18)11-7-6-9(8-15-11)16-13(19)20-14(2,3)4/h9-11,15H,5-8H2,1-4H3,(H,16,19)(H,17,18)/t9-,10?,11-/m0/s1. The molecule has 0 aromatic heterocycles. The summed E-state index contributed by atoms with van der Waals surface area (Å²) in [6.45, 7) is 7.92. The zero-order valence-corrected chi connectivity index (χ0v) is 12.7. The molecule has 116 valence electrons. The number of hydrogen-bond acceptors (Lipinski definition) is 4. The molecular weight excluding hydrogens is 260 g/mol. The number of alkyl carbamates (subject to hydrolysis) is 1. The first-order chi connectivity index (χ1) is 9.23. The molecule has 20 heavy (non-hydrogen) atoms. The molecule has 0 bridgehead atoms. The van der Waals surface area contributed by atoms with Crippen LogP contribution in [0.15, 0.2) is 0 Å². The fraction of sp³-hybridized carbons (Fsp3) is 0.857. The largest absolute Gasteiger partial charge is 0.481 e. The van der Waals surface area contributed by atoms with Gasteiger partial charge in [0.15, 0.2) is 0 Å². The Balaban J connectivity index is 2.39. The zero-order chi connectivity index (χ0) is 15.3. The Hall–Kier alpha value is -1.30. The fourth-order valence-corrected chi connectivity index (χ4v) is 2.45. The number of aliphatic carboxylic acids is 1. The normalized spacial score (nSPS) is 24.8. The van der Waals surface area contributed by atoms with Gasteiger partial charge in [0.05, 0.1) is 5.92 Å². The molecule has 1 heterocycles. The van der Waals surface area contributed by atoms with Crippen LogP contribution in [0.25, 0.3) is 0 Å². The van der Waals surface area contributed by atoms with Gasteiger partial charge in [-0.05, 0) is 40.0 Å². The molecule has 0 aliphatic carbocycles. The molecule has 0 aromatic rings. The van der Waals surface area contributed by atoms with Crippen molar-refractivity contribution in [2.24, 2.45) is 5.92 Å². The van der Waals surface area contributed by atoms with Crippen molar-refractivity contribution in [1.82, 2.24) is 10.6 Å². The fourth-order valence-electron chi connectivity index (χ4n) is 2.45. The predicted octanol–water partition coefficient (Wildman–Crippen LogP) is 1.74. The maximum Gasteiger partial charge on any atom is 0.407 e. The summed E-state index contributed by atoms with van der Waals surface area (Å²) in [4.78, 5) is 22.8. The number of piperidine rings is 1. The second-order valence-corrected chi connectivity index (χ2v) is 6.29. The van der Waals surface area contributed by atoms with Gasteiger partial charge in [0.25, 0.3) is 0 Å². The van der Waals surface area contributed by atoms with Crippen molar-refractivity contribution in [3.05, 3.63) is 0 Å². The topological polar surface area (TPSA) is 87.7 Å². The van der Waals surface area contributed by atoms with E-state index in [9.17, 15) is 9.59 Å². The third-order valence-electron chi connectivity index (χ3n) is 3.42.